The fraction of sp³-hybridized carbons (Fsp3) is 0.433. The number of nitriles is 1. The van der Waals surface area contributed by atoms with E-state index in [9.17, 15) is 13.7 Å². The fourth-order valence-electron chi connectivity index (χ4n) is 4.09. The maximum Gasteiger partial charge on any atom is 0.236 e. The lowest BCUT2D eigenvalue weighted by atomic mass is 9.76. The van der Waals surface area contributed by atoms with Crippen LogP contribution in [0.2, 0.25) is 0 Å². The van der Waals surface area contributed by atoms with Crippen LogP contribution in [0.25, 0.3) is 0 Å². The molecular formula is C30H39ClN4O2S. The zero-order valence-electron chi connectivity index (χ0n) is 23.5. The summed E-state index contributed by atoms with van der Waals surface area (Å²) in [7, 11) is -3.29. The predicted molar refractivity (Wildman–Crippen MR) is 157 cm³/mol. The first kappa shape index (κ1) is 31.3. The number of alkyl halides is 1. The summed E-state index contributed by atoms with van der Waals surface area (Å²) in [6.45, 7) is 12.7. The number of anilines is 1. The van der Waals surface area contributed by atoms with Gasteiger partial charge in [0.2, 0.25) is 16.0 Å². The fourth-order valence-corrected chi connectivity index (χ4v) is 4.66. The Morgan fingerprint density at radius 3 is 2.29 bits per heavy atom. The number of nitrogens with one attached hydrogen (secondary N) is 1. The average molecular weight is 555 g/mol. The normalized spacial score (nSPS) is 11.5. The van der Waals surface area contributed by atoms with E-state index in [0.717, 1.165) is 36.8 Å². The van der Waals surface area contributed by atoms with Crippen molar-refractivity contribution in [2.24, 2.45) is 0 Å². The van der Waals surface area contributed by atoms with Crippen molar-refractivity contribution in [1.82, 2.24) is 9.97 Å². The van der Waals surface area contributed by atoms with Crippen LogP contribution >= 0.6 is 11.6 Å². The van der Waals surface area contributed by atoms with E-state index in [1.807, 2.05) is 13.8 Å². The molecule has 0 atom stereocenters. The summed E-state index contributed by atoms with van der Waals surface area (Å²) in [5.41, 5.74) is 7.66. The van der Waals surface area contributed by atoms with Crippen molar-refractivity contribution in [1.29, 1.82) is 5.26 Å². The molecule has 0 saturated carbocycles. The molecule has 3 rings (SSSR count). The number of benzene rings is 2. The average Bonchev–Trinajstić information content (AvgIpc) is 2.86. The maximum absolute atomic E-state index is 10.9. The maximum atomic E-state index is 10.9. The van der Waals surface area contributed by atoms with Gasteiger partial charge < -0.3 is 0 Å². The Balaban J connectivity index is 0.000000308. The summed E-state index contributed by atoms with van der Waals surface area (Å²) < 4.78 is 24.0. The van der Waals surface area contributed by atoms with Crippen molar-refractivity contribution in [2.45, 2.75) is 72.1 Å². The van der Waals surface area contributed by atoms with Crippen LogP contribution in [-0.2, 0) is 28.3 Å². The summed E-state index contributed by atoms with van der Waals surface area (Å²) in [4.78, 5) is 7.86. The standard InChI is InChI=1S/C22H26ClN.C8H13N3O2S/c1-5-17-13-20(14-18(15-24)21(17)7-6-12-23)22(3,4)19-10-8-16(2)9-11-19;1-6(2)7-4-5-9-8(10-7)11-14(3,12)13/h8-11,13-14H,5-7,12H2,1-4H3;4-6H,1-3H3,(H,9,10,11). The third-order valence-corrected chi connectivity index (χ3v) is 7.26. The molecule has 0 fully saturated rings. The number of halogens is 1. The summed E-state index contributed by atoms with van der Waals surface area (Å²) in [6.07, 6.45) is 5.32. The van der Waals surface area contributed by atoms with Crippen molar-refractivity contribution in [2.75, 3.05) is 16.9 Å². The monoisotopic (exact) mass is 554 g/mol. The predicted octanol–water partition coefficient (Wildman–Crippen LogP) is 6.90. The van der Waals surface area contributed by atoms with Crippen LogP contribution < -0.4 is 4.72 Å². The molecule has 0 radical (unpaired) electrons. The van der Waals surface area contributed by atoms with Gasteiger partial charge in [0.05, 0.1) is 17.9 Å². The Morgan fingerprint density at radius 2 is 1.76 bits per heavy atom. The second kappa shape index (κ2) is 13.7. The van der Waals surface area contributed by atoms with Crippen LogP contribution in [0.4, 0.5) is 5.95 Å². The third kappa shape index (κ3) is 8.82. The molecule has 0 saturated heterocycles. The van der Waals surface area contributed by atoms with E-state index in [1.165, 1.54) is 34.0 Å². The highest BCUT2D eigenvalue weighted by molar-refractivity contribution is 7.91. The van der Waals surface area contributed by atoms with E-state index in [1.54, 1.807) is 6.07 Å². The van der Waals surface area contributed by atoms with Crippen LogP contribution in [0, 0.1) is 18.3 Å². The highest BCUT2D eigenvalue weighted by Crippen LogP contribution is 2.34. The number of nitrogens with zero attached hydrogens (tertiary/aromatic N) is 3. The Kier molecular flexibility index (Phi) is 11.3. The molecule has 38 heavy (non-hydrogen) atoms. The highest BCUT2D eigenvalue weighted by atomic mass is 35.5. The van der Waals surface area contributed by atoms with Gasteiger partial charge in [0.1, 0.15) is 0 Å². The van der Waals surface area contributed by atoms with Gasteiger partial charge in [-0.3, -0.25) is 4.72 Å². The molecule has 0 bridgehead atoms. The lowest BCUT2D eigenvalue weighted by Gasteiger charge is -2.28. The van der Waals surface area contributed by atoms with E-state index in [2.05, 4.69) is 84.9 Å². The van der Waals surface area contributed by atoms with Gasteiger partial charge in [0.25, 0.3) is 0 Å². The van der Waals surface area contributed by atoms with Crippen LogP contribution in [0.3, 0.4) is 0 Å². The van der Waals surface area contributed by atoms with Crippen molar-refractivity contribution in [3.05, 3.63) is 87.7 Å². The smallest absolute Gasteiger partial charge is 0.236 e. The van der Waals surface area contributed by atoms with Gasteiger partial charge in [-0.15, -0.1) is 11.6 Å². The lowest BCUT2D eigenvalue weighted by molar-refractivity contribution is 0.606. The number of hydrogen-bond acceptors (Lipinski definition) is 5. The molecule has 0 aliphatic carbocycles. The first-order valence-electron chi connectivity index (χ1n) is 12.8. The number of hydrogen-bond donors (Lipinski definition) is 1. The molecule has 1 heterocycles. The molecule has 0 amide bonds. The minimum Gasteiger partial charge on any atom is -0.251 e. The Hall–Kier alpha value is -2.95. The molecule has 1 N–H and O–H groups in total. The Morgan fingerprint density at radius 1 is 1.11 bits per heavy atom. The molecule has 0 spiro atoms. The molecular weight excluding hydrogens is 516 g/mol. The van der Waals surface area contributed by atoms with Gasteiger partial charge >= 0.3 is 0 Å². The topological polar surface area (TPSA) is 95.7 Å². The second-order valence-corrected chi connectivity index (χ2v) is 12.4. The Labute approximate surface area is 233 Å². The van der Waals surface area contributed by atoms with E-state index in [0.29, 0.717) is 5.88 Å². The molecule has 8 heteroatoms. The van der Waals surface area contributed by atoms with E-state index in [-0.39, 0.29) is 17.3 Å². The molecule has 204 valence electrons. The van der Waals surface area contributed by atoms with E-state index >= 15 is 0 Å². The lowest BCUT2D eigenvalue weighted by Crippen LogP contribution is -2.20. The first-order chi connectivity index (χ1) is 17.8. The number of sulfonamides is 1. The van der Waals surface area contributed by atoms with Gasteiger partial charge in [-0.05, 0) is 66.5 Å². The summed E-state index contributed by atoms with van der Waals surface area (Å²) in [5.74, 6) is 1.00. The number of rotatable bonds is 9. The summed E-state index contributed by atoms with van der Waals surface area (Å²) in [6, 6.07) is 17.2. The van der Waals surface area contributed by atoms with Crippen molar-refractivity contribution >= 4 is 27.6 Å². The molecule has 2 aromatic carbocycles. The molecule has 3 aromatic rings. The van der Waals surface area contributed by atoms with Crippen LogP contribution in [0.1, 0.15) is 86.0 Å². The minimum absolute atomic E-state index is 0.124. The van der Waals surface area contributed by atoms with Gasteiger partial charge in [0.15, 0.2) is 0 Å². The zero-order valence-corrected chi connectivity index (χ0v) is 25.0. The SMILES string of the molecule is CC(C)c1ccnc(NS(C)(=O)=O)n1.CCc1cc(C(C)(C)c2ccc(C)cc2)cc(C#N)c1CCCCl. The molecule has 1 aromatic heterocycles. The molecule has 0 aliphatic heterocycles. The largest absolute Gasteiger partial charge is 0.251 e. The van der Waals surface area contributed by atoms with Crippen LogP contribution in [-0.4, -0.2) is 30.5 Å². The molecule has 6 nitrogen and oxygen atoms in total. The van der Waals surface area contributed by atoms with Gasteiger partial charge in [-0.2, -0.15) is 5.26 Å². The zero-order chi connectivity index (χ0) is 28.5. The van der Waals surface area contributed by atoms with Crippen LogP contribution in [0.15, 0.2) is 48.7 Å². The first-order valence-corrected chi connectivity index (χ1v) is 15.2. The van der Waals surface area contributed by atoms with Crippen molar-refractivity contribution in [3.63, 3.8) is 0 Å². The highest BCUT2D eigenvalue weighted by Gasteiger charge is 2.25. The molecule has 0 unspecified atom stereocenters. The van der Waals surface area contributed by atoms with E-state index < -0.39 is 10.0 Å². The number of aryl methyl sites for hydroxylation is 2. The summed E-state index contributed by atoms with van der Waals surface area (Å²) >= 11 is 5.86. The van der Waals surface area contributed by atoms with Crippen LogP contribution in [0.5, 0.6) is 0 Å². The Bertz CT molecular complexity index is 1360. The van der Waals surface area contributed by atoms with Gasteiger partial charge in [-0.1, -0.05) is 70.5 Å². The van der Waals surface area contributed by atoms with E-state index in [4.69, 9.17) is 11.6 Å². The number of aromatic nitrogens is 2. The van der Waals surface area contributed by atoms with Crippen molar-refractivity contribution in [3.8, 4) is 6.07 Å². The third-order valence-electron chi connectivity index (χ3n) is 6.44. The summed E-state index contributed by atoms with van der Waals surface area (Å²) in [5, 5.41) is 9.65. The second-order valence-electron chi connectivity index (χ2n) is 10.2. The van der Waals surface area contributed by atoms with Crippen molar-refractivity contribution < 1.29 is 8.42 Å². The minimum atomic E-state index is -3.29. The van der Waals surface area contributed by atoms with Gasteiger partial charge in [0, 0.05) is 23.2 Å². The van der Waals surface area contributed by atoms with Gasteiger partial charge in [-0.25, -0.2) is 18.4 Å². The molecule has 0 aliphatic rings. The quantitative estimate of drug-likeness (QED) is 0.290.